The normalized spacial score (nSPS) is 29.7. The fourth-order valence-corrected chi connectivity index (χ4v) is 3.30. The van der Waals surface area contributed by atoms with Gasteiger partial charge >= 0.3 is 0 Å². The van der Waals surface area contributed by atoms with E-state index < -0.39 is 0 Å². The Morgan fingerprint density at radius 1 is 1.14 bits per heavy atom. The molecule has 5 nitrogen and oxygen atoms in total. The molecule has 2 N–H and O–H groups in total. The maximum Gasteiger partial charge on any atom is 0.191 e. The zero-order chi connectivity index (χ0) is 15.9. The van der Waals surface area contributed by atoms with Crippen molar-refractivity contribution >= 4 is 5.96 Å². The average molecular weight is 310 g/mol. The average Bonchev–Trinajstić information content (AvgIpc) is 2.52. The van der Waals surface area contributed by atoms with Gasteiger partial charge in [-0.1, -0.05) is 13.8 Å². The number of piperazine rings is 3. The van der Waals surface area contributed by atoms with Gasteiger partial charge in [0.15, 0.2) is 5.96 Å². The minimum absolute atomic E-state index is 0.479. The summed E-state index contributed by atoms with van der Waals surface area (Å²) in [7, 11) is 0. The highest BCUT2D eigenvalue weighted by Gasteiger charge is 2.31. The number of nitrogens with one attached hydrogen (secondary N) is 2. The summed E-state index contributed by atoms with van der Waals surface area (Å²) in [6.45, 7) is 16.9. The lowest BCUT2D eigenvalue weighted by Crippen LogP contribution is -2.62. The summed E-state index contributed by atoms with van der Waals surface area (Å²) in [5, 5.41) is 6.96. The largest absolute Gasteiger partial charge is 0.357 e. The number of fused-ring (bicyclic) bond motifs is 3. The molecule has 22 heavy (non-hydrogen) atoms. The summed E-state index contributed by atoms with van der Waals surface area (Å²) < 4.78 is 0. The van der Waals surface area contributed by atoms with Gasteiger partial charge in [0, 0.05) is 51.4 Å². The molecule has 0 spiro atoms. The van der Waals surface area contributed by atoms with E-state index in [9.17, 15) is 0 Å². The van der Waals surface area contributed by atoms with E-state index in [0.29, 0.717) is 12.1 Å². The van der Waals surface area contributed by atoms with Gasteiger partial charge in [0.25, 0.3) is 0 Å². The van der Waals surface area contributed by atoms with Crippen LogP contribution in [0, 0.1) is 5.92 Å². The molecule has 0 amide bonds. The van der Waals surface area contributed by atoms with Crippen LogP contribution in [0.5, 0.6) is 0 Å². The third-order valence-corrected chi connectivity index (χ3v) is 4.76. The molecule has 3 rings (SSSR count). The van der Waals surface area contributed by atoms with Crippen LogP contribution in [0.4, 0.5) is 0 Å². The molecule has 3 heterocycles. The van der Waals surface area contributed by atoms with E-state index in [1.807, 2.05) is 0 Å². The van der Waals surface area contributed by atoms with Gasteiger partial charge in [0.05, 0.1) is 6.54 Å². The first kappa shape index (κ1) is 17.5. The van der Waals surface area contributed by atoms with Gasteiger partial charge in [0.1, 0.15) is 0 Å². The minimum Gasteiger partial charge on any atom is -0.357 e. The molecule has 0 radical (unpaired) electrons. The lowest BCUT2D eigenvalue weighted by Gasteiger charge is -2.47. The molecule has 3 aliphatic heterocycles. The van der Waals surface area contributed by atoms with Crippen LogP contribution in [-0.2, 0) is 0 Å². The van der Waals surface area contributed by atoms with Crippen molar-refractivity contribution < 1.29 is 0 Å². The van der Waals surface area contributed by atoms with Crippen molar-refractivity contribution in [3.8, 4) is 0 Å². The molecule has 3 aliphatic rings. The molecule has 3 saturated heterocycles. The third kappa shape index (κ3) is 5.43. The Hall–Kier alpha value is -0.810. The Morgan fingerprint density at radius 3 is 2.41 bits per heavy atom. The molecular weight excluding hydrogens is 274 g/mol. The number of hydrogen-bond donors (Lipinski definition) is 2. The summed E-state index contributed by atoms with van der Waals surface area (Å²) >= 11 is 0. The van der Waals surface area contributed by atoms with E-state index in [-0.39, 0.29) is 0 Å². The van der Waals surface area contributed by atoms with E-state index in [1.54, 1.807) is 0 Å². The van der Waals surface area contributed by atoms with E-state index in [1.165, 1.54) is 45.6 Å². The lowest BCUT2D eigenvalue weighted by molar-refractivity contribution is 0.0174. The summed E-state index contributed by atoms with van der Waals surface area (Å²) in [5.74, 6) is 1.75. The Balaban J connectivity index is 1.81. The van der Waals surface area contributed by atoms with E-state index in [4.69, 9.17) is 4.99 Å². The second kappa shape index (κ2) is 8.73. The van der Waals surface area contributed by atoms with Crippen molar-refractivity contribution in [3.05, 3.63) is 0 Å². The van der Waals surface area contributed by atoms with Crippen LogP contribution in [0.15, 0.2) is 4.99 Å². The quantitative estimate of drug-likeness (QED) is 0.551. The van der Waals surface area contributed by atoms with Crippen LogP contribution in [0.1, 0.15) is 40.5 Å². The van der Waals surface area contributed by atoms with Crippen molar-refractivity contribution in [2.75, 3.05) is 45.8 Å². The Bertz CT molecular complexity index is 347. The first-order valence-corrected chi connectivity index (χ1v) is 9.09. The van der Waals surface area contributed by atoms with E-state index in [2.05, 4.69) is 48.1 Å². The van der Waals surface area contributed by atoms with Crippen molar-refractivity contribution in [3.63, 3.8) is 0 Å². The topological polar surface area (TPSA) is 42.9 Å². The van der Waals surface area contributed by atoms with Crippen LogP contribution in [-0.4, -0.2) is 73.7 Å². The molecule has 0 aromatic heterocycles. The molecule has 2 bridgehead atoms. The van der Waals surface area contributed by atoms with Crippen molar-refractivity contribution in [1.29, 1.82) is 0 Å². The highest BCUT2D eigenvalue weighted by molar-refractivity contribution is 5.80. The molecule has 0 aromatic carbocycles. The highest BCUT2D eigenvalue weighted by atomic mass is 15.3. The standard InChI is InChI=1S/C17H35N5/c1-5-18-17(20-15(4)7-6-14(2)3)19-12-16-13-21-8-10-22(16)11-9-21/h14-16H,5-13H2,1-4H3,(H2,18,19,20). The predicted octanol–water partition coefficient (Wildman–Crippen LogP) is 1.37. The molecule has 128 valence electrons. The zero-order valence-corrected chi connectivity index (χ0v) is 14.9. The number of guanidine groups is 1. The first-order chi connectivity index (χ1) is 10.6. The van der Waals surface area contributed by atoms with Crippen molar-refractivity contribution in [2.45, 2.75) is 52.6 Å². The number of aliphatic imine (C=N–C) groups is 1. The molecule has 5 heteroatoms. The van der Waals surface area contributed by atoms with Gasteiger partial charge in [0.2, 0.25) is 0 Å². The second-order valence-electron chi connectivity index (χ2n) is 7.23. The SMILES string of the molecule is CCNC(=NCC1CN2CCN1CC2)NC(C)CCC(C)C. The fraction of sp³-hybridized carbons (Fsp3) is 0.941. The van der Waals surface area contributed by atoms with Gasteiger partial charge in [-0.3, -0.25) is 14.8 Å². The Kier molecular flexibility index (Phi) is 6.96. The summed E-state index contributed by atoms with van der Waals surface area (Å²) in [6.07, 6.45) is 2.46. The van der Waals surface area contributed by atoms with Crippen LogP contribution < -0.4 is 10.6 Å². The molecular formula is C17H35N5. The maximum atomic E-state index is 4.85. The Morgan fingerprint density at radius 2 is 1.86 bits per heavy atom. The molecule has 2 atom stereocenters. The van der Waals surface area contributed by atoms with Crippen LogP contribution >= 0.6 is 0 Å². The van der Waals surface area contributed by atoms with Crippen molar-refractivity contribution in [2.24, 2.45) is 10.9 Å². The van der Waals surface area contributed by atoms with Gasteiger partial charge in [-0.2, -0.15) is 0 Å². The number of rotatable bonds is 7. The molecule has 3 fully saturated rings. The predicted molar refractivity (Wildman–Crippen MR) is 94.4 cm³/mol. The summed E-state index contributed by atoms with van der Waals surface area (Å²) in [4.78, 5) is 10.0. The highest BCUT2D eigenvalue weighted by Crippen LogP contribution is 2.15. The third-order valence-electron chi connectivity index (χ3n) is 4.76. The molecule has 0 aromatic rings. The molecule has 2 unspecified atom stereocenters. The molecule has 0 aliphatic carbocycles. The fourth-order valence-electron chi connectivity index (χ4n) is 3.30. The monoisotopic (exact) mass is 309 g/mol. The zero-order valence-electron chi connectivity index (χ0n) is 14.9. The smallest absolute Gasteiger partial charge is 0.191 e. The maximum absolute atomic E-state index is 4.85. The minimum atomic E-state index is 0.479. The van der Waals surface area contributed by atoms with Crippen molar-refractivity contribution in [1.82, 2.24) is 20.4 Å². The number of hydrogen-bond acceptors (Lipinski definition) is 3. The van der Waals surface area contributed by atoms with Crippen LogP contribution in [0.3, 0.4) is 0 Å². The number of nitrogens with zero attached hydrogens (tertiary/aromatic N) is 3. The van der Waals surface area contributed by atoms with Crippen LogP contribution in [0.25, 0.3) is 0 Å². The van der Waals surface area contributed by atoms with Gasteiger partial charge in [-0.15, -0.1) is 0 Å². The lowest BCUT2D eigenvalue weighted by atomic mass is 10.0. The van der Waals surface area contributed by atoms with Gasteiger partial charge in [-0.25, -0.2) is 0 Å². The second-order valence-corrected chi connectivity index (χ2v) is 7.23. The van der Waals surface area contributed by atoms with Gasteiger partial charge < -0.3 is 10.6 Å². The van der Waals surface area contributed by atoms with Gasteiger partial charge in [-0.05, 0) is 32.6 Å². The van der Waals surface area contributed by atoms with Crippen LogP contribution in [0.2, 0.25) is 0 Å². The first-order valence-electron chi connectivity index (χ1n) is 9.09. The van der Waals surface area contributed by atoms with E-state index in [0.717, 1.165) is 25.0 Å². The molecule has 0 saturated carbocycles. The summed E-state index contributed by atoms with van der Waals surface area (Å²) in [6, 6.07) is 1.08. The van der Waals surface area contributed by atoms with E-state index >= 15 is 0 Å². The Labute approximate surface area is 136 Å². The summed E-state index contributed by atoms with van der Waals surface area (Å²) in [5.41, 5.74) is 0.